The average Bonchev–Trinajstić information content (AvgIpc) is 1.84. The standard InChI is InChI=1S/C7H14O2S.Na/c1-7(2,6(9)10)4-3-5-8;/h8H,3-5H2,1-2H3,(H,9,10);/q;+1/p-1. The molecule has 0 unspecified atom stereocenters. The minimum Gasteiger partial charge on any atom is -0.867 e. The van der Waals surface area contributed by atoms with Crippen LogP contribution < -0.4 is 34.7 Å². The first-order valence-electron chi connectivity index (χ1n) is 3.33. The van der Waals surface area contributed by atoms with E-state index in [0.717, 1.165) is 0 Å². The molecule has 0 atom stereocenters. The van der Waals surface area contributed by atoms with E-state index in [2.05, 4.69) is 12.2 Å². The average molecular weight is 184 g/mol. The molecule has 0 aromatic heterocycles. The van der Waals surface area contributed by atoms with Crippen LogP contribution in [0.2, 0.25) is 0 Å². The van der Waals surface area contributed by atoms with Gasteiger partial charge in [-0.1, -0.05) is 18.9 Å². The molecule has 0 aliphatic rings. The number of rotatable bonds is 4. The third-order valence-corrected chi connectivity index (χ3v) is 2.07. The van der Waals surface area contributed by atoms with Crippen LogP contribution >= 0.6 is 12.2 Å². The van der Waals surface area contributed by atoms with Crippen LogP contribution in [0.25, 0.3) is 0 Å². The first kappa shape index (κ1) is 14.4. The summed E-state index contributed by atoms with van der Waals surface area (Å²) < 4.78 is 0. The number of aliphatic hydroxyl groups excluding tert-OH is 1. The van der Waals surface area contributed by atoms with Gasteiger partial charge >= 0.3 is 29.6 Å². The van der Waals surface area contributed by atoms with Crippen molar-refractivity contribution in [1.29, 1.82) is 0 Å². The Balaban J connectivity index is 0. The Morgan fingerprint density at radius 1 is 1.55 bits per heavy atom. The van der Waals surface area contributed by atoms with E-state index in [0.29, 0.717) is 12.8 Å². The quantitative estimate of drug-likeness (QED) is 0.387. The molecule has 4 heteroatoms. The summed E-state index contributed by atoms with van der Waals surface area (Å²) in [6, 6.07) is 0. The Hall–Kier alpha value is 0.850. The molecule has 0 aliphatic carbocycles. The maximum absolute atomic E-state index is 10.7. The molecule has 1 N–H and O–H groups in total. The molecular formula is C7H13NaO2S. The Kier molecular flexibility index (Phi) is 8.33. The van der Waals surface area contributed by atoms with Crippen molar-refractivity contribution in [1.82, 2.24) is 0 Å². The summed E-state index contributed by atoms with van der Waals surface area (Å²) in [7, 11) is 0. The van der Waals surface area contributed by atoms with Crippen LogP contribution in [0.5, 0.6) is 0 Å². The Morgan fingerprint density at radius 2 is 2.00 bits per heavy atom. The molecule has 0 bridgehead atoms. The van der Waals surface area contributed by atoms with E-state index in [-0.39, 0.29) is 41.2 Å². The Morgan fingerprint density at radius 3 is 2.27 bits per heavy atom. The van der Waals surface area contributed by atoms with Crippen molar-refractivity contribution in [2.24, 2.45) is 5.41 Å². The van der Waals surface area contributed by atoms with Crippen LogP contribution in [-0.4, -0.2) is 16.8 Å². The second kappa shape index (κ2) is 6.38. The predicted octanol–water partition coefficient (Wildman–Crippen LogP) is -2.52. The van der Waals surface area contributed by atoms with Gasteiger partial charge in [-0.15, -0.1) is 12.2 Å². The maximum Gasteiger partial charge on any atom is 1.00 e. The molecule has 60 valence electrons. The molecule has 0 saturated heterocycles. The van der Waals surface area contributed by atoms with Crippen molar-refractivity contribution < 1.29 is 39.8 Å². The van der Waals surface area contributed by atoms with Gasteiger partial charge in [-0.2, -0.15) is 0 Å². The molecule has 11 heavy (non-hydrogen) atoms. The van der Waals surface area contributed by atoms with Gasteiger partial charge in [-0.25, -0.2) is 0 Å². The van der Waals surface area contributed by atoms with Crippen molar-refractivity contribution in [3.05, 3.63) is 0 Å². The Labute approximate surface area is 95.3 Å². The number of aliphatic hydroxyl groups is 1. The maximum atomic E-state index is 10.7. The second-order valence-electron chi connectivity index (χ2n) is 3.00. The first-order valence-corrected chi connectivity index (χ1v) is 3.74. The van der Waals surface area contributed by atoms with E-state index < -0.39 is 5.41 Å². The molecular weight excluding hydrogens is 171 g/mol. The van der Waals surface area contributed by atoms with Crippen LogP contribution in [0, 0.1) is 5.41 Å². The van der Waals surface area contributed by atoms with Gasteiger partial charge in [0.2, 0.25) is 0 Å². The van der Waals surface area contributed by atoms with Crippen molar-refractivity contribution in [3.8, 4) is 0 Å². The van der Waals surface area contributed by atoms with Gasteiger partial charge in [0.15, 0.2) is 0 Å². The topological polar surface area (TPSA) is 43.3 Å². The number of hydrogen-bond acceptors (Lipinski definition) is 3. The zero-order valence-corrected chi connectivity index (χ0v) is 10.2. The van der Waals surface area contributed by atoms with E-state index in [4.69, 9.17) is 5.11 Å². The zero-order chi connectivity index (χ0) is 8.20. The summed E-state index contributed by atoms with van der Waals surface area (Å²) >= 11 is 4.51. The molecule has 0 rings (SSSR count). The van der Waals surface area contributed by atoms with Crippen molar-refractivity contribution in [2.45, 2.75) is 26.7 Å². The van der Waals surface area contributed by atoms with E-state index in [1.807, 2.05) is 0 Å². The minimum atomic E-state index is -0.432. The van der Waals surface area contributed by atoms with Crippen molar-refractivity contribution >= 4 is 17.3 Å². The minimum absolute atomic E-state index is 0. The summed E-state index contributed by atoms with van der Waals surface area (Å²) in [6.45, 7) is 3.74. The smallest absolute Gasteiger partial charge is 0.867 e. The largest absolute Gasteiger partial charge is 1.00 e. The summed E-state index contributed by atoms with van der Waals surface area (Å²) in [5.41, 5.74) is -0.432. The number of thiocarbonyl (C=S) groups is 1. The van der Waals surface area contributed by atoms with Gasteiger partial charge in [0.1, 0.15) is 0 Å². The predicted molar refractivity (Wildman–Crippen MR) is 42.7 cm³/mol. The van der Waals surface area contributed by atoms with Gasteiger partial charge in [0, 0.05) is 6.61 Å². The molecule has 0 saturated carbocycles. The van der Waals surface area contributed by atoms with Crippen molar-refractivity contribution in [2.75, 3.05) is 6.61 Å². The molecule has 0 amide bonds. The summed E-state index contributed by atoms with van der Waals surface area (Å²) in [4.78, 5) is 0. The molecule has 2 nitrogen and oxygen atoms in total. The fourth-order valence-electron chi connectivity index (χ4n) is 0.623. The molecule has 0 fully saturated rings. The van der Waals surface area contributed by atoms with E-state index >= 15 is 0 Å². The second-order valence-corrected chi connectivity index (χ2v) is 3.37. The zero-order valence-electron chi connectivity index (χ0n) is 7.39. The van der Waals surface area contributed by atoms with Crippen LogP contribution in [0.3, 0.4) is 0 Å². The molecule has 0 spiro atoms. The van der Waals surface area contributed by atoms with Gasteiger partial charge in [0.05, 0.1) is 0 Å². The molecule has 0 aliphatic heterocycles. The molecule has 0 aromatic carbocycles. The Bertz CT molecular complexity index is 126. The van der Waals surface area contributed by atoms with Crippen LogP contribution in [0.1, 0.15) is 26.7 Å². The first-order chi connectivity index (χ1) is 4.50. The fourth-order valence-corrected chi connectivity index (χ4v) is 0.725. The summed E-state index contributed by atoms with van der Waals surface area (Å²) in [5.74, 6) is 0. The third-order valence-electron chi connectivity index (χ3n) is 1.51. The van der Waals surface area contributed by atoms with Crippen LogP contribution in [0.4, 0.5) is 0 Å². The van der Waals surface area contributed by atoms with Gasteiger partial charge in [-0.05, 0) is 18.3 Å². The van der Waals surface area contributed by atoms with Crippen molar-refractivity contribution in [3.63, 3.8) is 0 Å². The van der Waals surface area contributed by atoms with Gasteiger partial charge in [0.25, 0.3) is 0 Å². The SMILES string of the molecule is CC(C)(CCCO)C([O-])=S.[Na+]. The molecule has 0 aromatic rings. The van der Waals surface area contributed by atoms with E-state index in [9.17, 15) is 5.11 Å². The third kappa shape index (κ3) is 6.05. The summed E-state index contributed by atoms with van der Waals surface area (Å²) in [5, 5.41) is 18.9. The monoisotopic (exact) mass is 184 g/mol. The summed E-state index contributed by atoms with van der Waals surface area (Å²) in [6.07, 6.45) is 1.32. The van der Waals surface area contributed by atoms with Gasteiger partial charge in [-0.3, -0.25) is 0 Å². The molecule has 0 radical (unpaired) electrons. The fraction of sp³-hybridized carbons (Fsp3) is 0.857. The molecule has 0 heterocycles. The van der Waals surface area contributed by atoms with Crippen LogP contribution in [-0.2, 0) is 0 Å². The number of hydrogen-bond donors (Lipinski definition) is 1. The van der Waals surface area contributed by atoms with Crippen LogP contribution in [0.15, 0.2) is 0 Å². The normalized spacial score (nSPS) is 10.5. The van der Waals surface area contributed by atoms with E-state index in [1.54, 1.807) is 13.8 Å². The van der Waals surface area contributed by atoms with Gasteiger partial charge < -0.3 is 10.2 Å². The van der Waals surface area contributed by atoms with E-state index in [1.165, 1.54) is 0 Å².